The molecule has 1 aliphatic rings. The number of nitrogens with one attached hydrogen (secondary N) is 1. The van der Waals surface area contributed by atoms with Gasteiger partial charge in [-0.25, -0.2) is 0 Å². The van der Waals surface area contributed by atoms with E-state index >= 15 is 0 Å². The highest BCUT2D eigenvalue weighted by molar-refractivity contribution is 5.88. The maximum atomic E-state index is 9.65. The summed E-state index contributed by atoms with van der Waals surface area (Å²) in [4.78, 5) is 0.797. The Bertz CT molecular complexity index is 908. The van der Waals surface area contributed by atoms with Gasteiger partial charge in [0.1, 0.15) is 11.0 Å². The van der Waals surface area contributed by atoms with Crippen molar-refractivity contribution in [1.82, 2.24) is 20.5 Å². The lowest BCUT2D eigenvalue weighted by atomic mass is 10.1. The van der Waals surface area contributed by atoms with Crippen LogP contribution in [0, 0.1) is 6.92 Å². The first-order chi connectivity index (χ1) is 11.8. The lowest BCUT2D eigenvalue weighted by molar-refractivity contribution is 0.154. The fourth-order valence-electron chi connectivity index (χ4n) is 2.28. The zero-order chi connectivity index (χ0) is 16.8. The Hall–Kier alpha value is -3.34. The van der Waals surface area contributed by atoms with Crippen LogP contribution < -0.4 is 5.32 Å². The van der Waals surface area contributed by atoms with Gasteiger partial charge in [0.15, 0.2) is 0 Å². The molecule has 2 N–H and O–H groups in total. The summed E-state index contributed by atoms with van der Waals surface area (Å²) in [6.07, 6.45) is 9.52. The predicted molar refractivity (Wildman–Crippen MR) is 95.0 cm³/mol. The molecule has 4 rings (SSSR count). The van der Waals surface area contributed by atoms with E-state index in [9.17, 15) is 5.21 Å². The summed E-state index contributed by atoms with van der Waals surface area (Å²) in [6.45, 7) is 3.72. The second-order valence-electron chi connectivity index (χ2n) is 5.11. The zero-order valence-electron chi connectivity index (χ0n) is 13.0. The number of nitrogens with zero attached hydrogens (tertiary/aromatic N) is 3. The van der Waals surface area contributed by atoms with Crippen LogP contribution in [0.4, 0.5) is 0 Å². The van der Waals surface area contributed by atoms with Gasteiger partial charge in [-0.05, 0) is 35.9 Å². The van der Waals surface area contributed by atoms with Crippen molar-refractivity contribution in [2.24, 2.45) is 0 Å². The monoisotopic (exact) mass is 317 g/mol. The van der Waals surface area contributed by atoms with Crippen molar-refractivity contribution in [1.29, 1.82) is 0 Å². The largest absolute Gasteiger partial charge is 0.410 e. The third kappa shape index (κ3) is 3.52. The van der Waals surface area contributed by atoms with E-state index in [1.165, 1.54) is 0 Å². The average Bonchev–Trinajstić information content (AvgIpc) is 2.83. The summed E-state index contributed by atoms with van der Waals surface area (Å²) >= 11 is 0. The van der Waals surface area contributed by atoms with E-state index in [4.69, 9.17) is 0 Å². The number of allylic oxidation sites excluding steroid dienone is 4. The van der Waals surface area contributed by atoms with E-state index in [0.717, 1.165) is 21.7 Å². The third-order valence-corrected chi connectivity index (χ3v) is 3.41. The van der Waals surface area contributed by atoms with Crippen molar-refractivity contribution in [3.63, 3.8) is 0 Å². The summed E-state index contributed by atoms with van der Waals surface area (Å²) < 4.78 is 0. The van der Waals surface area contributed by atoms with Gasteiger partial charge in [-0.2, -0.15) is 0 Å². The molecule has 0 bridgehead atoms. The molecule has 24 heavy (non-hydrogen) atoms. The van der Waals surface area contributed by atoms with Gasteiger partial charge in [-0.1, -0.05) is 59.5 Å². The van der Waals surface area contributed by atoms with Crippen molar-refractivity contribution in [2.75, 3.05) is 0 Å². The Morgan fingerprint density at radius 2 is 1.79 bits per heavy atom. The van der Waals surface area contributed by atoms with Gasteiger partial charge in [0.2, 0.25) is 0 Å². The number of hydrogen-bond acceptors (Lipinski definition) is 4. The van der Waals surface area contributed by atoms with Gasteiger partial charge in [-0.3, -0.25) is 0 Å². The first kappa shape index (κ1) is 15.6. The van der Waals surface area contributed by atoms with Gasteiger partial charge in [0, 0.05) is 17.5 Å². The fraction of sp³-hybridized carbons (Fsp3) is 0. The molecule has 5 nitrogen and oxygen atoms in total. The first-order valence-corrected chi connectivity index (χ1v) is 7.47. The van der Waals surface area contributed by atoms with Gasteiger partial charge in [-0.15, -0.1) is 5.10 Å². The predicted octanol–water partition coefficient (Wildman–Crippen LogP) is 3.55. The molecule has 0 atom stereocenters. The smallest absolute Gasteiger partial charge is 0.139 e. The van der Waals surface area contributed by atoms with Gasteiger partial charge in [0.25, 0.3) is 0 Å². The molecule has 1 aromatic heterocycles. The lowest BCUT2D eigenvalue weighted by Crippen LogP contribution is -2.05. The normalized spacial score (nSPS) is 12.8. The second kappa shape index (κ2) is 7.28. The number of para-hydroxylation sites is 1. The lowest BCUT2D eigenvalue weighted by Gasteiger charge is -2.07. The molecule has 0 spiro atoms. The molecule has 0 amide bonds. The molecule has 1 aliphatic heterocycles. The average molecular weight is 317 g/mol. The van der Waals surface area contributed by atoms with Crippen LogP contribution in [-0.2, 0) is 0 Å². The van der Waals surface area contributed by atoms with Crippen LogP contribution >= 0.6 is 0 Å². The van der Waals surface area contributed by atoms with E-state index in [1.54, 1.807) is 0 Å². The SMILES string of the molecule is On1nnc2cccc(C3=CC=CC=CN3)c21.[CH2]c1ccccc1. The van der Waals surface area contributed by atoms with Crippen LogP contribution in [-0.4, -0.2) is 20.4 Å². The molecule has 1 radical (unpaired) electrons. The van der Waals surface area contributed by atoms with Crippen LogP contribution in [0.3, 0.4) is 0 Å². The zero-order valence-corrected chi connectivity index (χ0v) is 13.0. The molecular formula is C19H17N4O. The maximum Gasteiger partial charge on any atom is 0.139 e. The minimum Gasteiger partial charge on any atom is -0.410 e. The Balaban J connectivity index is 0.000000203. The van der Waals surface area contributed by atoms with Crippen molar-refractivity contribution in [2.45, 2.75) is 0 Å². The summed E-state index contributed by atoms with van der Waals surface area (Å²) in [5.74, 6) is 0. The Morgan fingerprint density at radius 1 is 0.958 bits per heavy atom. The summed E-state index contributed by atoms with van der Waals surface area (Å²) in [6, 6.07) is 15.5. The highest BCUT2D eigenvalue weighted by atomic mass is 16.5. The Kier molecular flexibility index (Phi) is 4.72. The molecule has 119 valence electrons. The molecule has 2 aromatic carbocycles. The number of hydrogen-bond donors (Lipinski definition) is 2. The number of benzene rings is 2. The minimum absolute atomic E-state index is 0.593. The van der Waals surface area contributed by atoms with Crippen molar-refractivity contribution < 1.29 is 5.21 Å². The van der Waals surface area contributed by atoms with Crippen LogP contribution in [0.2, 0.25) is 0 Å². The van der Waals surface area contributed by atoms with Crippen LogP contribution in [0.25, 0.3) is 16.7 Å². The third-order valence-electron chi connectivity index (χ3n) is 3.41. The van der Waals surface area contributed by atoms with Crippen LogP contribution in [0.15, 0.2) is 79.0 Å². The minimum atomic E-state index is 0.593. The van der Waals surface area contributed by atoms with E-state index in [1.807, 2.05) is 79.0 Å². The standard InChI is InChI=1S/C12H10N4O.C7H7/c17-16-12-9(5-4-7-11(12)14-15-16)10-6-2-1-3-8-13-10;1-7-5-3-2-4-6-7/h1-8,13,17H;2-6H,1H2. The summed E-state index contributed by atoms with van der Waals surface area (Å²) in [7, 11) is 0. The number of aromatic nitrogens is 3. The van der Waals surface area contributed by atoms with Crippen LogP contribution in [0.5, 0.6) is 0 Å². The Morgan fingerprint density at radius 3 is 2.54 bits per heavy atom. The van der Waals surface area contributed by atoms with E-state index in [2.05, 4.69) is 22.6 Å². The summed E-state index contributed by atoms with van der Waals surface area (Å²) in [5.41, 5.74) is 4.06. The van der Waals surface area contributed by atoms with Crippen LogP contribution in [0.1, 0.15) is 11.1 Å². The number of fused-ring (bicyclic) bond motifs is 1. The van der Waals surface area contributed by atoms with Gasteiger partial charge >= 0.3 is 0 Å². The molecule has 3 aromatic rings. The molecule has 0 fully saturated rings. The molecule has 5 heteroatoms. The van der Waals surface area contributed by atoms with E-state index in [0.29, 0.717) is 11.0 Å². The Labute approximate surface area is 140 Å². The quantitative estimate of drug-likeness (QED) is 0.674. The highest BCUT2D eigenvalue weighted by Crippen LogP contribution is 2.22. The molecular weight excluding hydrogens is 300 g/mol. The highest BCUT2D eigenvalue weighted by Gasteiger charge is 2.11. The van der Waals surface area contributed by atoms with E-state index < -0.39 is 0 Å². The van der Waals surface area contributed by atoms with Gasteiger partial charge in [0.05, 0.1) is 0 Å². The summed E-state index contributed by atoms with van der Waals surface area (Å²) in [5, 5.41) is 20.3. The molecule has 2 heterocycles. The first-order valence-electron chi connectivity index (χ1n) is 7.47. The van der Waals surface area contributed by atoms with Gasteiger partial charge < -0.3 is 10.5 Å². The van der Waals surface area contributed by atoms with Crippen molar-refractivity contribution in [3.8, 4) is 0 Å². The second-order valence-corrected chi connectivity index (χ2v) is 5.11. The molecule has 0 aliphatic carbocycles. The maximum absolute atomic E-state index is 9.65. The topological polar surface area (TPSA) is 63.0 Å². The molecule has 0 unspecified atom stereocenters. The van der Waals surface area contributed by atoms with E-state index in [-0.39, 0.29) is 0 Å². The molecule has 0 saturated carbocycles. The van der Waals surface area contributed by atoms with Crippen molar-refractivity contribution in [3.05, 3.63) is 97.1 Å². The molecule has 0 saturated heterocycles. The van der Waals surface area contributed by atoms with Crippen molar-refractivity contribution >= 4 is 16.7 Å². The number of rotatable bonds is 1. The fourth-order valence-corrected chi connectivity index (χ4v) is 2.28.